The average molecular weight is 367 g/mol. The van der Waals surface area contributed by atoms with E-state index in [1.807, 2.05) is 11.4 Å². The predicted octanol–water partition coefficient (Wildman–Crippen LogP) is 4.30. The molecule has 0 fully saturated rings. The van der Waals surface area contributed by atoms with Crippen molar-refractivity contribution < 1.29 is 9.90 Å². The van der Waals surface area contributed by atoms with Gasteiger partial charge in [-0.1, -0.05) is 27.7 Å². The van der Waals surface area contributed by atoms with Gasteiger partial charge in [-0.25, -0.2) is 14.8 Å². The standard InChI is InChI=1S/C13H7BrN2O2S2/c14-7-1-2-8(13(17)18)10(5-7)20-12-9-3-4-19-11(9)15-6-16-12/h1-6H,(H,17,18). The van der Waals surface area contributed by atoms with Crippen LogP contribution in [0.1, 0.15) is 10.4 Å². The van der Waals surface area contributed by atoms with Gasteiger partial charge in [0.15, 0.2) is 0 Å². The number of hydrogen-bond acceptors (Lipinski definition) is 5. The van der Waals surface area contributed by atoms with Crippen LogP contribution in [-0.2, 0) is 0 Å². The molecule has 1 N–H and O–H groups in total. The first kappa shape index (κ1) is 13.5. The van der Waals surface area contributed by atoms with Gasteiger partial charge in [-0.15, -0.1) is 11.3 Å². The van der Waals surface area contributed by atoms with E-state index in [0.717, 1.165) is 19.7 Å². The van der Waals surface area contributed by atoms with Gasteiger partial charge in [-0.2, -0.15) is 0 Å². The van der Waals surface area contributed by atoms with Crippen molar-refractivity contribution in [3.63, 3.8) is 0 Å². The van der Waals surface area contributed by atoms with Crippen LogP contribution in [0.4, 0.5) is 0 Å². The molecule has 3 aromatic rings. The second-order valence-corrected chi connectivity index (χ2v) is 6.71. The van der Waals surface area contributed by atoms with Gasteiger partial charge >= 0.3 is 5.97 Å². The molecule has 0 atom stereocenters. The summed E-state index contributed by atoms with van der Waals surface area (Å²) in [5, 5.41) is 12.9. The van der Waals surface area contributed by atoms with Crippen molar-refractivity contribution in [3.05, 3.63) is 46.0 Å². The van der Waals surface area contributed by atoms with Gasteiger partial charge in [0.1, 0.15) is 16.2 Å². The lowest BCUT2D eigenvalue weighted by molar-refractivity contribution is 0.0693. The van der Waals surface area contributed by atoms with Crippen LogP contribution in [0.25, 0.3) is 10.2 Å². The zero-order valence-corrected chi connectivity index (χ0v) is 13.1. The Morgan fingerprint density at radius 1 is 1.30 bits per heavy atom. The Balaban J connectivity index is 2.09. The molecule has 20 heavy (non-hydrogen) atoms. The quantitative estimate of drug-likeness (QED) is 0.700. The van der Waals surface area contributed by atoms with Crippen molar-refractivity contribution in [2.75, 3.05) is 0 Å². The van der Waals surface area contributed by atoms with E-state index in [1.54, 1.807) is 18.2 Å². The smallest absolute Gasteiger partial charge is 0.336 e. The molecule has 0 aliphatic heterocycles. The molecule has 0 radical (unpaired) electrons. The van der Waals surface area contributed by atoms with E-state index in [9.17, 15) is 9.90 Å². The van der Waals surface area contributed by atoms with Crippen molar-refractivity contribution >= 4 is 55.2 Å². The minimum atomic E-state index is -0.949. The summed E-state index contributed by atoms with van der Waals surface area (Å²) in [6, 6.07) is 7.03. The van der Waals surface area contributed by atoms with E-state index in [2.05, 4.69) is 25.9 Å². The number of aromatic carboxylic acids is 1. The third-order valence-corrected chi connectivity index (χ3v) is 5.00. The Bertz CT molecular complexity index is 804. The maximum Gasteiger partial charge on any atom is 0.336 e. The molecule has 0 spiro atoms. The lowest BCUT2D eigenvalue weighted by atomic mass is 10.2. The summed E-state index contributed by atoms with van der Waals surface area (Å²) >= 11 is 6.24. The second kappa shape index (κ2) is 5.51. The first-order chi connectivity index (χ1) is 9.65. The fraction of sp³-hybridized carbons (Fsp3) is 0. The number of aromatic nitrogens is 2. The Morgan fingerprint density at radius 3 is 2.95 bits per heavy atom. The number of nitrogens with zero attached hydrogens (tertiary/aromatic N) is 2. The number of hydrogen-bond donors (Lipinski definition) is 1. The van der Waals surface area contributed by atoms with Crippen molar-refractivity contribution in [1.82, 2.24) is 9.97 Å². The van der Waals surface area contributed by atoms with Crippen LogP contribution in [0, 0.1) is 0 Å². The fourth-order valence-electron chi connectivity index (χ4n) is 1.71. The highest BCUT2D eigenvalue weighted by Crippen LogP contribution is 2.35. The van der Waals surface area contributed by atoms with Crippen molar-refractivity contribution in [2.24, 2.45) is 0 Å². The zero-order valence-electron chi connectivity index (χ0n) is 9.91. The van der Waals surface area contributed by atoms with Crippen LogP contribution in [-0.4, -0.2) is 21.0 Å². The molecule has 0 amide bonds. The Morgan fingerprint density at radius 2 is 2.15 bits per heavy atom. The van der Waals surface area contributed by atoms with E-state index in [1.165, 1.54) is 29.4 Å². The third-order valence-electron chi connectivity index (χ3n) is 2.61. The number of carboxylic acid groups (broad SMARTS) is 1. The molecule has 0 bridgehead atoms. The number of carboxylic acids is 1. The lowest BCUT2D eigenvalue weighted by Gasteiger charge is -2.06. The summed E-state index contributed by atoms with van der Waals surface area (Å²) in [4.78, 5) is 21.3. The molecule has 7 heteroatoms. The highest BCUT2D eigenvalue weighted by atomic mass is 79.9. The lowest BCUT2D eigenvalue weighted by Crippen LogP contribution is -1.98. The maximum atomic E-state index is 11.3. The van der Waals surface area contributed by atoms with Gasteiger partial charge in [0.05, 0.1) is 5.56 Å². The Hall–Kier alpha value is -1.44. The molecule has 0 unspecified atom stereocenters. The van der Waals surface area contributed by atoms with Crippen LogP contribution < -0.4 is 0 Å². The van der Waals surface area contributed by atoms with Gasteiger partial charge in [-0.3, -0.25) is 0 Å². The number of rotatable bonds is 3. The van der Waals surface area contributed by atoms with E-state index in [0.29, 0.717) is 4.90 Å². The largest absolute Gasteiger partial charge is 0.478 e. The first-order valence-electron chi connectivity index (χ1n) is 5.54. The molecule has 0 aliphatic rings. The van der Waals surface area contributed by atoms with Gasteiger partial charge in [-0.05, 0) is 29.6 Å². The highest BCUT2D eigenvalue weighted by Gasteiger charge is 2.14. The number of carbonyl (C=O) groups is 1. The summed E-state index contributed by atoms with van der Waals surface area (Å²) in [6.07, 6.45) is 1.50. The summed E-state index contributed by atoms with van der Waals surface area (Å²) < 4.78 is 0.834. The van der Waals surface area contributed by atoms with E-state index >= 15 is 0 Å². The minimum absolute atomic E-state index is 0.264. The molecule has 0 aliphatic carbocycles. The van der Waals surface area contributed by atoms with Crippen LogP contribution in [0.15, 0.2) is 50.4 Å². The minimum Gasteiger partial charge on any atom is -0.478 e. The summed E-state index contributed by atoms with van der Waals surface area (Å²) in [7, 11) is 0. The van der Waals surface area contributed by atoms with Gasteiger partial charge in [0.25, 0.3) is 0 Å². The number of benzene rings is 1. The van der Waals surface area contributed by atoms with Crippen molar-refractivity contribution in [2.45, 2.75) is 9.92 Å². The van der Waals surface area contributed by atoms with Crippen molar-refractivity contribution in [1.29, 1.82) is 0 Å². The molecule has 1 aromatic carbocycles. The number of thiophene rings is 1. The van der Waals surface area contributed by atoms with Gasteiger partial charge in [0, 0.05) is 14.8 Å². The van der Waals surface area contributed by atoms with Crippen LogP contribution in [0.2, 0.25) is 0 Å². The summed E-state index contributed by atoms with van der Waals surface area (Å²) in [6.45, 7) is 0. The number of halogens is 1. The summed E-state index contributed by atoms with van der Waals surface area (Å²) in [5.74, 6) is -0.949. The van der Waals surface area contributed by atoms with Gasteiger partial charge < -0.3 is 5.11 Å². The molecule has 0 saturated heterocycles. The Labute approximate surface area is 131 Å². The third kappa shape index (κ3) is 2.56. The highest BCUT2D eigenvalue weighted by molar-refractivity contribution is 9.10. The normalized spacial score (nSPS) is 10.8. The van der Waals surface area contributed by atoms with Crippen LogP contribution in [0.5, 0.6) is 0 Å². The molecule has 0 saturated carbocycles. The van der Waals surface area contributed by atoms with E-state index < -0.39 is 5.97 Å². The molecule has 4 nitrogen and oxygen atoms in total. The first-order valence-corrected chi connectivity index (χ1v) is 8.03. The predicted molar refractivity (Wildman–Crippen MR) is 82.6 cm³/mol. The topological polar surface area (TPSA) is 63.1 Å². The van der Waals surface area contributed by atoms with E-state index in [-0.39, 0.29) is 5.56 Å². The zero-order chi connectivity index (χ0) is 14.1. The monoisotopic (exact) mass is 366 g/mol. The SMILES string of the molecule is O=C(O)c1ccc(Br)cc1Sc1ncnc2sccc12. The van der Waals surface area contributed by atoms with Crippen LogP contribution in [0.3, 0.4) is 0 Å². The second-order valence-electron chi connectivity index (χ2n) is 3.87. The van der Waals surface area contributed by atoms with E-state index in [4.69, 9.17) is 0 Å². The molecule has 3 rings (SSSR count). The Kier molecular flexibility index (Phi) is 3.73. The fourth-order valence-corrected chi connectivity index (χ4v) is 4.05. The molecular weight excluding hydrogens is 360 g/mol. The van der Waals surface area contributed by atoms with Crippen molar-refractivity contribution in [3.8, 4) is 0 Å². The molecule has 2 aromatic heterocycles. The molecular formula is C13H7BrN2O2S2. The average Bonchev–Trinajstić information content (AvgIpc) is 2.88. The number of fused-ring (bicyclic) bond motifs is 1. The van der Waals surface area contributed by atoms with Crippen LogP contribution >= 0.6 is 39.0 Å². The molecule has 2 heterocycles. The summed E-state index contributed by atoms with van der Waals surface area (Å²) in [5.41, 5.74) is 0.264. The molecule has 100 valence electrons. The van der Waals surface area contributed by atoms with Gasteiger partial charge in [0.2, 0.25) is 0 Å². The maximum absolute atomic E-state index is 11.3.